The monoisotopic (exact) mass is 371 g/mol. The van der Waals surface area contributed by atoms with E-state index in [2.05, 4.69) is 10.2 Å². The van der Waals surface area contributed by atoms with Crippen molar-refractivity contribution < 1.29 is 9.59 Å². The second-order valence-corrected chi connectivity index (χ2v) is 6.79. The highest BCUT2D eigenvalue weighted by atomic mass is 35.5. The van der Waals surface area contributed by atoms with Crippen LogP contribution in [0.15, 0.2) is 48.5 Å². The number of nitrogens with one attached hydrogen (secondary N) is 1. The van der Waals surface area contributed by atoms with Gasteiger partial charge in [0.1, 0.15) is 0 Å². The maximum absolute atomic E-state index is 12.5. The van der Waals surface area contributed by atoms with E-state index < -0.39 is 0 Å². The predicted octanol–water partition coefficient (Wildman–Crippen LogP) is 2.66. The molecule has 0 atom stereocenters. The Labute approximate surface area is 158 Å². The molecule has 0 bridgehead atoms. The zero-order chi connectivity index (χ0) is 18.5. The Morgan fingerprint density at radius 2 is 1.50 bits per heavy atom. The summed E-state index contributed by atoms with van der Waals surface area (Å²) in [6.07, 6.45) is 0. The van der Waals surface area contributed by atoms with Gasteiger partial charge >= 0.3 is 0 Å². The molecule has 0 saturated carbocycles. The van der Waals surface area contributed by atoms with Crippen LogP contribution in [0.1, 0.15) is 26.3 Å². The van der Waals surface area contributed by atoms with Crippen molar-refractivity contribution in [2.24, 2.45) is 0 Å². The summed E-state index contributed by atoms with van der Waals surface area (Å²) < 4.78 is 0. The number of hydrogen-bond acceptors (Lipinski definition) is 3. The van der Waals surface area contributed by atoms with Gasteiger partial charge in [-0.15, -0.1) is 0 Å². The zero-order valence-electron chi connectivity index (χ0n) is 14.7. The molecule has 1 aliphatic heterocycles. The van der Waals surface area contributed by atoms with Gasteiger partial charge in [0.15, 0.2) is 0 Å². The molecule has 1 heterocycles. The predicted molar refractivity (Wildman–Crippen MR) is 102 cm³/mol. The van der Waals surface area contributed by atoms with Gasteiger partial charge in [0.25, 0.3) is 11.8 Å². The van der Waals surface area contributed by atoms with Crippen molar-refractivity contribution in [1.82, 2.24) is 15.1 Å². The molecule has 2 aromatic carbocycles. The maximum atomic E-state index is 12.5. The summed E-state index contributed by atoms with van der Waals surface area (Å²) in [7, 11) is 1.63. The fraction of sp³-hybridized carbons (Fsp3) is 0.300. The lowest BCUT2D eigenvalue weighted by Gasteiger charge is -2.34. The summed E-state index contributed by atoms with van der Waals surface area (Å²) in [6.45, 7) is 3.89. The van der Waals surface area contributed by atoms with E-state index in [0.29, 0.717) is 29.2 Å². The minimum Gasteiger partial charge on any atom is -0.355 e. The highest BCUT2D eigenvalue weighted by Crippen LogP contribution is 2.14. The van der Waals surface area contributed by atoms with Crippen LogP contribution in [0, 0.1) is 0 Å². The van der Waals surface area contributed by atoms with Gasteiger partial charge < -0.3 is 10.2 Å². The SMILES string of the molecule is CNC(=O)c1ccc(CN2CCN(C(=O)c3ccc(Cl)cc3)CC2)cc1. The van der Waals surface area contributed by atoms with Crippen molar-refractivity contribution >= 4 is 23.4 Å². The number of halogens is 1. The third kappa shape index (κ3) is 4.42. The number of nitrogens with zero attached hydrogens (tertiary/aromatic N) is 2. The largest absolute Gasteiger partial charge is 0.355 e. The summed E-state index contributed by atoms with van der Waals surface area (Å²) in [5.74, 6) is -0.0258. The van der Waals surface area contributed by atoms with Crippen LogP contribution in [-0.2, 0) is 6.54 Å². The summed E-state index contributed by atoms with van der Waals surface area (Å²) in [5.41, 5.74) is 2.50. The Morgan fingerprint density at radius 1 is 0.923 bits per heavy atom. The molecule has 0 aliphatic carbocycles. The Morgan fingerprint density at radius 3 is 2.08 bits per heavy atom. The quantitative estimate of drug-likeness (QED) is 0.899. The van der Waals surface area contributed by atoms with Crippen LogP contribution in [-0.4, -0.2) is 54.8 Å². The molecule has 5 nitrogen and oxygen atoms in total. The second-order valence-electron chi connectivity index (χ2n) is 6.35. The van der Waals surface area contributed by atoms with Gasteiger partial charge in [0.05, 0.1) is 0 Å². The number of amides is 2. The van der Waals surface area contributed by atoms with Crippen LogP contribution in [0.5, 0.6) is 0 Å². The molecule has 0 radical (unpaired) electrons. The standard InChI is InChI=1S/C20H22ClN3O2/c1-22-19(25)16-4-2-15(3-5-16)14-23-10-12-24(13-11-23)20(26)17-6-8-18(21)9-7-17/h2-9H,10-14H2,1H3,(H,22,25). The highest BCUT2D eigenvalue weighted by Gasteiger charge is 2.22. The molecule has 0 aromatic heterocycles. The highest BCUT2D eigenvalue weighted by molar-refractivity contribution is 6.30. The molecular formula is C20H22ClN3O2. The van der Waals surface area contributed by atoms with Crippen molar-refractivity contribution in [3.05, 3.63) is 70.2 Å². The van der Waals surface area contributed by atoms with Crippen molar-refractivity contribution in [2.75, 3.05) is 33.2 Å². The van der Waals surface area contributed by atoms with Gasteiger partial charge in [-0.3, -0.25) is 14.5 Å². The number of carbonyl (C=O) groups excluding carboxylic acids is 2. The van der Waals surface area contributed by atoms with Crippen LogP contribution < -0.4 is 5.32 Å². The van der Waals surface area contributed by atoms with Crippen molar-refractivity contribution in [1.29, 1.82) is 0 Å². The van der Waals surface area contributed by atoms with E-state index >= 15 is 0 Å². The number of rotatable bonds is 4. The third-order valence-electron chi connectivity index (χ3n) is 4.60. The van der Waals surface area contributed by atoms with Crippen molar-refractivity contribution in [3.8, 4) is 0 Å². The molecule has 2 amide bonds. The Balaban J connectivity index is 1.53. The molecule has 26 heavy (non-hydrogen) atoms. The molecule has 1 fully saturated rings. The molecule has 6 heteroatoms. The van der Waals surface area contributed by atoms with Crippen molar-refractivity contribution in [2.45, 2.75) is 6.54 Å². The normalized spacial score (nSPS) is 14.9. The van der Waals surface area contributed by atoms with E-state index in [1.807, 2.05) is 29.2 Å². The van der Waals surface area contributed by atoms with Gasteiger partial charge in [-0.1, -0.05) is 23.7 Å². The van der Waals surface area contributed by atoms with Crippen LogP contribution >= 0.6 is 11.6 Å². The van der Waals surface area contributed by atoms with Crippen molar-refractivity contribution in [3.63, 3.8) is 0 Å². The van der Waals surface area contributed by atoms with Crippen LogP contribution in [0.2, 0.25) is 5.02 Å². The average molecular weight is 372 g/mol. The maximum Gasteiger partial charge on any atom is 0.253 e. The molecule has 2 aromatic rings. The number of carbonyl (C=O) groups is 2. The van der Waals surface area contributed by atoms with Gasteiger partial charge in [0, 0.05) is 55.9 Å². The van der Waals surface area contributed by atoms with Crippen LogP contribution in [0.4, 0.5) is 0 Å². The summed E-state index contributed by atoms with van der Waals surface area (Å²) in [4.78, 5) is 28.3. The third-order valence-corrected chi connectivity index (χ3v) is 4.85. The van der Waals surface area contributed by atoms with Gasteiger partial charge in [-0.25, -0.2) is 0 Å². The molecule has 3 rings (SSSR count). The van der Waals surface area contributed by atoms with Gasteiger partial charge in [-0.05, 0) is 42.0 Å². The van der Waals surface area contributed by atoms with E-state index in [1.165, 1.54) is 0 Å². The number of piperazine rings is 1. The summed E-state index contributed by atoms with van der Waals surface area (Å²) >= 11 is 5.88. The zero-order valence-corrected chi connectivity index (χ0v) is 15.5. The molecule has 1 saturated heterocycles. The van der Waals surface area contributed by atoms with E-state index in [4.69, 9.17) is 11.6 Å². The molecule has 0 spiro atoms. The first-order valence-electron chi connectivity index (χ1n) is 8.65. The Kier molecular flexibility index (Phi) is 5.91. The first-order valence-corrected chi connectivity index (χ1v) is 9.03. The topological polar surface area (TPSA) is 52.7 Å². The number of benzene rings is 2. The first kappa shape index (κ1) is 18.4. The molecule has 136 valence electrons. The van der Waals surface area contributed by atoms with Gasteiger partial charge in [-0.2, -0.15) is 0 Å². The fourth-order valence-corrected chi connectivity index (χ4v) is 3.17. The minimum atomic E-state index is -0.0779. The Bertz CT molecular complexity index is 767. The van der Waals surface area contributed by atoms with Gasteiger partial charge in [0.2, 0.25) is 0 Å². The lowest BCUT2D eigenvalue weighted by atomic mass is 10.1. The fourth-order valence-electron chi connectivity index (χ4n) is 3.05. The van der Waals surface area contributed by atoms with Crippen LogP contribution in [0.25, 0.3) is 0 Å². The lowest BCUT2D eigenvalue weighted by molar-refractivity contribution is 0.0628. The van der Waals surface area contributed by atoms with E-state index in [-0.39, 0.29) is 11.8 Å². The summed E-state index contributed by atoms with van der Waals surface area (Å²) in [6, 6.07) is 14.7. The lowest BCUT2D eigenvalue weighted by Crippen LogP contribution is -2.48. The smallest absolute Gasteiger partial charge is 0.253 e. The molecule has 1 aliphatic rings. The first-order chi connectivity index (χ1) is 12.6. The molecule has 1 N–H and O–H groups in total. The number of hydrogen-bond donors (Lipinski definition) is 1. The minimum absolute atomic E-state index is 0.0521. The average Bonchev–Trinajstić information content (AvgIpc) is 2.68. The molecule has 0 unspecified atom stereocenters. The van der Waals surface area contributed by atoms with E-state index in [9.17, 15) is 9.59 Å². The second kappa shape index (κ2) is 8.34. The van der Waals surface area contributed by atoms with Crippen LogP contribution in [0.3, 0.4) is 0 Å². The Hall–Kier alpha value is -2.37. The van der Waals surface area contributed by atoms with E-state index in [0.717, 1.165) is 25.2 Å². The molecular weight excluding hydrogens is 350 g/mol. The summed E-state index contributed by atoms with van der Waals surface area (Å²) in [5, 5.41) is 3.25. The van der Waals surface area contributed by atoms with E-state index in [1.54, 1.807) is 31.3 Å².